The number of rotatable bonds is 4. The molecule has 9 heavy (non-hydrogen) atoms. The second-order valence-corrected chi connectivity index (χ2v) is 2.24. The first-order valence-corrected chi connectivity index (χ1v) is 3.31. The van der Waals surface area contributed by atoms with Crippen molar-refractivity contribution in [3.05, 3.63) is 0 Å². The number of hydrogen-bond acceptors (Lipinski definition) is 1. The molecule has 0 amide bonds. The van der Waals surface area contributed by atoms with E-state index in [1.807, 2.05) is 0 Å². The Bertz CT molecular complexity index is 123. The standard InChI is InChI=1S/C7H9OS/c1-2-3-4-5-6-7(8)9/h1H,3-6H2. The van der Waals surface area contributed by atoms with E-state index in [-0.39, 0.29) is 5.12 Å². The Morgan fingerprint density at radius 3 is 2.67 bits per heavy atom. The summed E-state index contributed by atoms with van der Waals surface area (Å²) in [6, 6.07) is 0. The van der Waals surface area contributed by atoms with Crippen molar-refractivity contribution in [3.63, 3.8) is 0 Å². The van der Waals surface area contributed by atoms with Gasteiger partial charge in [0.05, 0.1) is 0 Å². The molecule has 0 spiro atoms. The van der Waals surface area contributed by atoms with Gasteiger partial charge in [-0.3, -0.25) is 4.79 Å². The molecule has 0 aromatic rings. The molecule has 0 aliphatic rings. The maximum absolute atomic E-state index is 10.2. The normalized spacial score (nSPS) is 8.33. The zero-order chi connectivity index (χ0) is 7.11. The van der Waals surface area contributed by atoms with E-state index in [0.717, 1.165) is 19.3 Å². The first-order chi connectivity index (χ1) is 4.27. The highest BCUT2D eigenvalue weighted by Gasteiger charge is 1.93. The molecular formula is C7H9OS. The van der Waals surface area contributed by atoms with Gasteiger partial charge in [-0.1, -0.05) is 0 Å². The fourth-order valence-electron chi connectivity index (χ4n) is 0.496. The minimum absolute atomic E-state index is 0.160. The lowest BCUT2D eigenvalue weighted by molar-refractivity contribution is -0.110. The minimum Gasteiger partial charge on any atom is -0.282 e. The highest BCUT2D eigenvalue weighted by atomic mass is 32.1. The van der Waals surface area contributed by atoms with Crippen LogP contribution in [0.15, 0.2) is 0 Å². The minimum atomic E-state index is -0.160. The molecule has 1 radical (unpaired) electrons. The summed E-state index contributed by atoms with van der Waals surface area (Å²) in [5, 5.41) is -0.160. The molecule has 0 aliphatic carbocycles. The first kappa shape index (κ1) is 8.45. The van der Waals surface area contributed by atoms with Crippen molar-refractivity contribution in [2.75, 3.05) is 0 Å². The van der Waals surface area contributed by atoms with Crippen LogP contribution in [0.4, 0.5) is 0 Å². The average Bonchev–Trinajstić information content (AvgIpc) is 1.80. The van der Waals surface area contributed by atoms with E-state index < -0.39 is 0 Å². The lowest BCUT2D eigenvalue weighted by Gasteiger charge is -1.89. The molecule has 0 bridgehead atoms. The Morgan fingerprint density at radius 2 is 2.22 bits per heavy atom. The summed E-state index contributed by atoms with van der Waals surface area (Å²) < 4.78 is 0. The molecule has 0 N–H and O–H groups in total. The highest BCUT2D eigenvalue weighted by molar-refractivity contribution is 7.96. The number of carbonyl (C=O) groups is 1. The van der Waals surface area contributed by atoms with Gasteiger partial charge in [-0.25, -0.2) is 0 Å². The SMILES string of the molecule is C#CCCCCC(=O)[S]. The van der Waals surface area contributed by atoms with Crippen molar-refractivity contribution < 1.29 is 4.79 Å². The Kier molecular flexibility index (Phi) is 5.24. The van der Waals surface area contributed by atoms with Crippen LogP contribution in [0, 0.1) is 12.3 Å². The molecule has 0 saturated carbocycles. The second-order valence-electron chi connectivity index (χ2n) is 1.78. The van der Waals surface area contributed by atoms with Crippen LogP contribution in [0.1, 0.15) is 25.7 Å². The Balaban J connectivity index is 2.94. The molecule has 0 saturated heterocycles. The van der Waals surface area contributed by atoms with Crippen LogP contribution < -0.4 is 0 Å². The van der Waals surface area contributed by atoms with Gasteiger partial charge in [0, 0.05) is 12.8 Å². The molecule has 0 heterocycles. The molecule has 0 aromatic heterocycles. The smallest absolute Gasteiger partial charge is 0.218 e. The number of carbonyl (C=O) groups excluding carboxylic acids is 1. The third-order valence-corrected chi connectivity index (χ3v) is 1.16. The van der Waals surface area contributed by atoms with E-state index in [1.165, 1.54) is 0 Å². The molecule has 49 valence electrons. The fourth-order valence-corrected chi connectivity index (χ4v) is 0.641. The summed E-state index contributed by atoms with van der Waals surface area (Å²) in [6.07, 6.45) is 7.99. The predicted molar refractivity (Wildman–Crippen MR) is 39.9 cm³/mol. The average molecular weight is 141 g/mol. The Labute approximate surface area is 61.2 Å². The molecule has 0 aromatic carbocycles. The van der Waals surface area contributed by atoms with Gasteiger partial charge in [-0.2, -0.15) is 0 Å². The zero-order valence-corrected chi connectivity index (χ0v) is 6.04. The van der Waals surface area contributed by atoms with Crippen molar-refractivity contribution in [3.8, 4) is 12.3 Å². The van der Waals surface area contributed by atoms with E-state index in [1.54, 1.807) is 0 Å². The van der Waals surface area contributed by atoms with E-state index >= 15 is 0 Å². The van der Waals surface area contributed by atoms with Gasteiger partial charge in [0.15, 0.2) is 0 Å². The van der Waals surface area contributed by atoms with Crippen LogP contribution in [0.2, 0.25) is 0 Å². The van der Waals surface area contributed by atoms with Crippen molar-refractivity contribution in [2.24, 2.45) is 0 Å². The van der Waals surface area contributed by atoms with Gasteiger partial charge in [-0.05, 0) is 25.5 Å². The molecular weight excluding hydrogens is 132 g/mol. The van der Waals surface area contributed by atoms with Crippen LogP contribution >= 0.6 is 12.6 Å². The summed E-state index contributed by atoms with van der Waals surface area (Å²) in [7, 11) is 0. The highest BCUT2D eigenvalue weighted by Crippen LogP contribution is 2.00. The number of terminal acetylenes is 1. The summed E-state index contributed by atoms with van der Waals surface area (Å²) in [4.78, 5) is 10.2. The molecule has 2 heteroatoms. The first-order valence-electron chi connectivity index (χ1n) is 2.90. The molecule has 1 nitrogen and oxygen atoms in total. The third-order valence-electron chi connectivity index (χ3n) is 0.952. The zero-order valence-electron chi connectivity index (χ0n) is 5.22. The van der Waals surface area contributed by atoms with Crippen LogP contribution in [0.25, 0.3) is 0 Å². The third kappa shape index (κ3) is 7.45. The van der Waals surface area contributed by atoms with Gasteiger partial charge in [-0.15, -0.1) is 12.3 Å². The van der Waals surface area contributed by atoms with Crippen LogP contribution in [-0.4, -0.2) is 5.12 Å². The van der Waals surface area contributed by atoms with Gasteiger partial charge in [0.25, 0.3) is 0 Å². The van der Waals surface area contributed by atoms with Crippen LogP contribution in [0.5, 0.6) is 0 Å². The van der Waals surface area contributed by atoms with E-state index in [4.69, 9.17) is 6.42 Å². The second kappa shape index (κ2) is 5.58. The summed E-state index contributed by atoms with van der Waals surface area (Å²) in [5.41, 5.74) is 0. The topological polar surface area (TPSA) is 17.1 Å². The number of unbranched alkanes of at least 4 members (excludes halogenated alkanes) is 2. The fraction of sp³-hybridized carbons (Fsp3) is 0.571. The van der Waals surface area contributed by atoms with Crippen molar-refractivity contribution in [1.29, 1.82) is 0 Å². The maximum atomic E-state index is 10.2. The van der Waals surface area contributed by atoms with E-state index in [0.29, 0.717) is 6.42 Å². The van der Waals surface area contributed by atoms with Gasteiger partial charge >= 0.3 is 0 Å². The Hall–Kier alpha value is -0.550. The van der Waals surface area contributed by atoms with Crippen molar-refractivity contribution in [1.82, 2.24) is 0 Å². The van der Waals surface area contributed by atoms with Gasteiger partial charge in [0.2, 0.25) is 5.12 Å². The largest absolute Gasteiger partial charge is 0.282 e. The summed E-state index contributed by atoms with van der Waals surface area (Å²) >= 11 is 4.34. The van der Waals surface area contributed by atoms with Gasteiger partial charge < -0.3 is 0 Å². The molecule has 0 fully saturated rings. The van der Waals surface area contributed by atoms with E-state index in [9.17, 15) is 4.79 Å². The molecule has 0 rings (SSSR count). The van der Waals surface area contributed by atoms with Crippen molar-refractivity contribution >= 4 is 17.7 Å². The van der Waals surface area contributed by atoms with Gasteiger partial charge in [0.1, 0.15) is 0 Å². The summed E-state index contributed by atoms with van der Waals surface area (Å²) in [5.74, 6) is 2.50. The van der Waals surface area contributed by atoms with Crippen molar-refractivity contribution in [2.45, 2.75) is 25.7 Å². The quantitative estimate of drug-likeness (QED) is 0.431. The van der Waals surface area contributed by atoms with Crippen LogP contribution in [-0.2, 0) is 4.79 Å². The Morgan fingerprint density at radius 1 is 1.56 bits per heavy atom. The van der Waals surface area contributed by atoms with Crippen LogP contribution in [0.3, 0.4) is 0 Å². The molecule has 0 atom stereocenters. The summed E-state index contributed by atoms with van der Waals surface area (Å²) in [6.45, 7) is 0. The monoisotopic (exact) mass is 141 g/mol. The predicted octanol–water partition coefficient (Wildman–Crippen LogP) is 1.90. The van der Waals surface area contributed by atoms with E-state index in [2.05, 4.69) is 18.5 Å². The molecule has 0 aliphatic heterocycles. The number of hydrogen-bond donors (Lipinski definition) is 0. The molecule has 0 unspecified atom stereocenters. The lowest BCUT2D eigenvalue weighted by Crippen LogP contribution is -1.84. The maximum Gasteiger partial charge on any atom is 0.218 e. The lowest BCUT2D eigenvalue weighted by atomic mass is 10.2.